The van der Waals surface area contributed by atoms with E-state index in [1.807, 2.05) is 6.92 Å². The molecule has 0 N–H and O–H groups in total. The number of carboxylic acid groups (broad SMARTS) is 1. The number of unbranched alkanes of at least 4 members (excludes halogenated alkanes) is 10. The third kappa shape index (κ3) is 24.4. The zero-order valence-electron chi connectivity index (χ0n) is 20.8. The molecular weight excluding hydrogens is 463 g/mol. The second-order valence-corrected chi connectivity index (χ2v) is 17.3. The van der Waals surface area contributed by atoms with E-state index in [9.17, 15) is 9.90 Å². The maximum atomic E-state index is 10.3. The zero-order valence-corrected chi connectivity index (χ0v) is 23.7. The van der Waals surface area contributed by atoms with E-state index in [0.717, 1.165) is 19.3 Å². The fourth-order valence-electron chi connectivity index (χ4n) is 3.72. The summed E-state index contributed by atoms with van der Waals surface area (Å²) in [6.45, 7) is 10.9. The Morgan fingerprint density at radius 3 is 1.28 bits per heavy atom. The summed E-state index contributed by atoms with van der Waals surface area (Å²) in [5, 5.41) is 10.3. The van der Waals surface area contributed by atoms with Crippen LogP contribution in [0.4, 0.5) is 0 Å². The van der Waals surface area contributed by atoms with Gasteiger partial charge in [0, 0.05) is 5.97 Å². The summed E-state index contributed by atoms with van der Waals surface area (Å²) in [5.41, 5.74) is 0. The normalized spacial score (nSPS) is 11.6. The second kappa shape index (κ2) is 26.3. The number of carboxylic acids is 1. The number of carbonyl (C=O) groups is 1. The van der Waals surface area contributed by atoms with Crippen LogP contribution in [0.25, 0.3) is 0 Å². The van der Waals surface area contributed by atoms with Crippen molar-refractivity contribution in [1.82, 2.24) is 0 Å². The summed E-state index contributed by atoms with van der Waals surface area (Å²) in [4.78, 5) is 10.3. The number of hydrogen-bond acceptors (Lipinski definition) is 2. The Morgan fingerprint density at radius 2 is 1.00 bits per heavy atom. The van der Waals surface area contributed by atoms with E-state index in [1.54, 1.807) is 32.6 Å². The first-order valence-electron chi connectivity index (χ1n) is 13.1. The van der Waals surface area contributed by atoms with Gasteiger partial charge < -0.3 is 9.90 Å². The van der Waals surface area contributed by atoms with Gasteiger partial charge in [0.2, 0.25) is 0 Å². The van der Waals surface area contributed by atoms with Gasteiger partial charge in [-0.15, -0.1) is 0 Å². The molecule has 0 aromatic heterocycles. The van der Waals surface area contributed by atoms with Crippen LogP contribution in [0.3, 0.4) is 0 Å². The first-order valence-corrected chi connectivity index (χ1v) is 19.2. The van der Waals surface area contributed by atoms with Crippen molar-refractivity contribution in [2.75, 3.05) is 0 Å². The first kappa shape index (κ1) is 31.5. The van der Waals surface area contributed by atoms with Crippen molar-refractivity contribution in [2.24, 2.45) is 5.92 Å². The van der Waals surface area contributed by atoms with Crippen LogP contribution in [0.2, 0.25) is 13.3 Å². The summed E-state index contributed by atoms with van der Waals surface area (Å²) in [5.74, 6) is -1.11. The number of hydrogen-bond donors (Lipinski definition) is 0. The van der Waals surface area contributed by atoms with Crippen LogP contribution in [0, 0.1) is 5.92 Å². The van der Waals surface area contributed by atoms with Gasteiger partial charge in [-0.1, -0.05) is 26.7 Å². The van der Waals surface area contributed by atoms with Crippen molar-refractivity contribution < 1.29 is 9.90 Å². The Morgan fingerprint density at radius 1 is 0.621 bits per heavy atom. The molecule has 0 aromatic carbocycles. The quantitative estimate of drug-likeness (QED) is 0.121. The van der Waals surface area contributed by atoms with Crippen LogP contribution in [-0.2, 0) is 4.79 Å². The molecule has 29 heavy (non-hydrogen) atoms. The van der Waals surface area contributed by atoms with Crippen LogP contribution in [0.1, 0.15) is 137 Å². The van der Waals surface area contributed by atoms with E-state index in [2.05, 4.69) is 27.7 Å². The monoisotopic (exact) mass is 518 g/mol. The summed E-state index contributed by atoms with van der Waals surface area (Å²) >= 11 is -0.948. The summed E-state index contributed by atoms with van der Waals surface area (Å²) in [6.07, 6.45) is 21.4. The molecule has 0 rings (SSSR count). The molecule has 3 heteroatoms. The molecule has 2 nitrogen and oxygen atoms in total. The Balaban J connectivity index is 0. The fraction of sp³-hybridized carbons (Fsp3) is 0.962. The van der Waals surface area contributed by atoms with Gasteiger partial charge in [0.1, 0.15) is 0 Å². The van der Waals surface area contributed by atoms with Gasteiger partial charge in [-0.25, -0.2) is 0 Å². The Labute approximate surface area is 191 Å². The summed E-state index contributed by atoms with van der Waals surface area (Å²) < 4.78 is 5.13. The molecule has 0 aliphatic heterocycles. The second-order valence-electron chi connectivity index (χ2n) is 8.75. The van der Waals surface area contributed by atoms with Crippen LogP contribution in [0.15, 0.2) is 0 Å². The molecule has 0 saturated carbocycles. The minimum atomic E-state index is -0.948. The molecule has 0 amide bonds. The molecule has 0 aliphatic carbocycles. The zero-order chi connectivity index (χ0) is 22.2. The standard InChI is InChI=1S/C8H16O2.3C6H13.Sn/c1-3-5-6-7(4-2)8(9)10;3*1-3-5-6-4-2;/h7H,3-6H2,1-2H3,(H,9,10);3*1,3-6H2,2H3;/q;;;;+1/p-1. The Bertz CT molecular complexity index is 291. The molecule has 174 valence electrons. The van der Waals surface area contributed by atoms with E-state index >= 15 is 0 Å². The Kier molecular flexibility index (Phi) is 28.5. The van der Waals surface area contributed by atoms with E-state index in [0.29, 0.717) is 6.42 Å². The van der Waals surface area contributed by atoms with Crippen molar-refractivity contribution in [2.45, 2.75) is 151 Å². The number of rotatable bonds is 20. The topological polar surface area (TPSA) is 40.1 Å². The third-order valence-electron chi connectivity index (χ3n) is 5.88. The van der Waals surface area contributed by atoms with Gasteiger partial charge in [0.05, 0.1) is 0 Å². The van der Waals surface area contributed by atoms with E-state index < -0.39 is 25.7 Å². The molecule has 0 radical (unpaired) electrons. The minimum absolute atomic E-state index is 0.222. The van der Waals surface area contributed by atoms with Crippen molar-refractivity contribution in [1.29, 1.82) is 0 Å². The summed E-state index contributed by atoms with van der Waals surface area (Å²) in [6, 6.07) is 0. The molecule has 1 unspecified atom stereocenters. The molecule has 0 saturated heterocycles. The van der Waals surface area contributed by atoms with Gasteiger partial charge in [-0.3, -0.25) is 0 Å². The average Bonchev–Trinajstić information content (AvgIpc) is 2.72. The molecule has 1 atom stereocenters. The molecule has 0 fully saturated rings. The van der Waals surface area contributed by atoms with Gasteiger partial charge in [0.15, 0.2) is 0 Å². The molecule has 0 spiro atoms. The number of carbonyl (C=O) groups excluding carboxylic acids is 1. The first-order chi connectivity index (χ1) is 14.1. The fourth-order valence-corrected chi connectivity index (χ4v) is 12.3. The SMILES string of the molecule is CCCCC(CC)C(=O)[O-].CCCCC[CH2][Sn+]([CH2]CCCCC)[CH2]CCCCC. The predicted octanol–water partition coefficient (Wildman–Crippen LogP) is 8.17. The summed E-state index contributed by atoms with van der Waals surface area (Å²) in [7, 11) is 0. The molecule has 0 aromatic rings. The van der Waals surface area contributed by atoms with Gasteiger partial charge in [0.25, 0.3) is 0 Å². The van der Waals surface area contributed by atoms with Crippen LogP contribution in [-0.4, -0.2) is 25.7 Å². The van der Waals surface area contributed by atoms with Crippen molar-refractivity contribution in [3.05, 3.63) is 0 Å². The Hall–Kier alpha value is 0.269. The molecule has 0 heterocycles. The van der Waals surface area contributed by atoms with Crippen LogP contribution in [0.5, 0.6) is 0 Å². The van der Waals surface area contributed by atoms with Crippen molar-refractivity contribution in [3.63, 3.8) is 0 Å². The molecular formula is C26H54O2Sn. The van der Waals surface area contributed by atoms with Crippen molar-refractivity contribution in [3.8, 4) is 0 Å². The van der Waals surface area contributed by atoms with Crippen molar-refractivity contribution >= 4 is 25.7 Å². The average molecular weight is 517 g/mol. The van der Waals surface area contributed by atoms with E-state index in [-0.39, 0.29) is 5.92 Å². The maximum absolute atomic E-state index is 10.3. The third-order valence-corrected chi connectivity index (χ3v) is 15.0. The predicted molar refractivity (Wildman–Crippen MR) is 131 cm³/mol. The van der Waals surface area contributed by atoms with E-state index in [4.69, 9.17) is 0 Å². The van der Waals surface area contributed by atoms with Gasteiger partial charge >= 0.3 is 131 Å². The van der Waals surface area contributed by atoms with Crippen LogP contribution < -0.4 is 5.11 Å². The van der Waals surface area contributed by atoms with Gasteiger partial charge in [-0.2, -0.15) is 0 Å². The van der Waals surface area contributed by atoms with Crippen LogP contribution >= 0.6 is 0 Å². The van der Waals surface area contributed by atoms with Gasteiger partial charge in [-0.05, 0) is 18.8 Å². The number of aliphatic carboxylic acids is 1. The molecule has 0 bridgehead atoms. The van der Waals surface area contributed by atoms with E-state index in [1.165, 1.54) is 57.8 Å². The molecule has 0 aliphatic rings.